The van der Waals surface area contributed by atoms with E-state index in [1.165, 1.54) is 12.1 Å². The van der Waals surface area contributed by atoms with E-state index in [-0.39, 0.29) is 5.56 Å². The fourth-order valence-corrected chi connectivity index (χ4v) is 1.73. The van der Waals surface area contributed by atoms with E-state index in [9.17, 15) is 9.18 Å². The lowest BCUT2D eigenvalue weighted by atomic mass is 9.95. The minimum Gasteiger partial charge on any atom is -0.479 e. The van der Waals surface area contributed by atoms with Crippen LogP contribution in [0.5, 0.6) is 0 Å². The average Bonchev–Trinajstić information content (AvgIpc) is 2.40. The Morgan fingerprint density at radius 3 is 2.00 bits per heavy atom. The van der Waals surface area contributed by atoms with Crippen molar-refractivity contribution in [3.05, 3.63) is 60.2 Å². The van der Waals surface area contributed by atoms with E-state index >= 15 is 0 Å². The highest BCUT2D eigenvalue weighted by Gasteiger charge is 2.34. The highest BCUT2D eigenvalue weighted by atomic mass is 19.1. The first kappa shape index (κ1) is 12.3. The number of aliphatic carboxylic acids is 1. The highest BCUT2D eigenvalue weighted by Crippen LogP contribution is 2.28. The van der Waals surface area contributed by atoms with Gasteiger partial charge in [0.25, 0.3) is 0 Å². The quantitative estimate of drug-likeness (QED) is 0.895. The van der Waals surface area contributed by atoms with Gasteiger partial charge in [0.15, 0.2) is 0 Å². The van der Waals surface area contributed by atoms with Gasteiger partial charge in [-0.3, -0.25) is 0 Å². The minimum absolute atomic E-state index is 0.148. The molecular weight excluding hydrogens is 231 g/mol. The van der Waals surface area contributed by atoms with Crippen LogP contribution >= 0.6 is 0 Å². The Balaban J connectivity index is 2.35. The van der Waals surface area contributed by atoms with Gasteiger partial charge in [0, 0.05) is 5.56 Å². The first-order valence-corrected chi connectivity index (χ1v) is 5.60. The van der Waals surface area contributed by atoms with Crippen LogP contribution in [0.4, 0.5) is 4.39 Å². The molecule has 0 aliphatic carbocycles. The van der Waals surface area contributed by atoms with Crippen molar-refractivity contribution in [2.45, 2.75) is 12.6 Å². The summed E-state index contributed by atoms with van der Waals surface area (Å²) in [6, 6.07) is 16.1. The number of rotatable bonds is 3. The van der Waals surface area contributed by atoms with Gasteiger partial charge in [0.1, 0.15) is 0 Å². The standard InChI is InChI=1S/C15H13FO2/c1-15(16,14(17)18)13-9-7-12(8-10-13)11-5-3-2-4-6-11/h2-10H,1H3,(H,17,18)/t15-/m0/s1. The second-order valence-corrected chi connectivity index (χ2v) is 4.25. The van der Waals surface area contributed by atoms with Crippen LogP contribution in [0.25, 0.3) is 11.1 Å². The molecule has 2 nitrogen and oxygen atoms in total. The van der Waals surface area contributed by atoms with Gasteiger partial charge in [0.05, 0.1) is 0 Å². The van der Waals surface area contributed by atoms with Gasteiger partial charge in [-0.25, -0.2) is 9.18 Å². The molecule has 92 valence electrons. The number of carboxylic acids is 1. The van der Waals surface area contributed by atoms with Crippen molar-refractivity contribution in [2.24, 2.45) is 0 Å². The lowest BCUT2D eigenvalue weighted by molar-refractivity contribution is -0.150. The van der Waals surface area contributed by atoms with Crippen LogP contribution in [-0.4, -0.2) is 11.1 Å². The molecule has 0 aliphatic rings. The summed E-state index contributed by atoms with van der Waals surface area (Å²) in [7, 11) is 0. The lowest BCUT2D eigenvalue weighted by Crippen LogP contribution is -2.26. The summed E-state index contributed by atoms with van der Waals surface area (Å²) in [5.74, 6) is -1.48. The smallest absolute Gasteiger partial charge is 0.345 e. The van der Waals surface area contributed by atoms with Gasteiger partial charge in [-0.2, -0.15) is 0 Å². The third kappa shape index (κ3) is 2.25. The van der Waals surface area contributed by atoms with Gasteiger partial charge in [0.2, 0.25) is 5.67 Å². The third-order valence-electron chi connectivity index (χ3n) is 2.94. The third-order valence-corrected chi connectivity index (χ3v) is 2.94. The molecule has 0 spiro atoms. The predicted molar refractivity (Wildman–Crippen MR) is 68.0 cm³/mol. The summed E-state index contributed by atoms with van der Waals surface area (Å²) < 4.78 is 13.9. The zero-order valence-corrected chi connectivity index (χ0v) is 9.93. The molecule has 3 heteroatoms. The van der Waals surface area contributed by atoms with Crippen molar-refractivity contribution in [3.8, 4) is 11.1 Å². The van der Waals surface area contributed by atoms with Crippen LogP contribution in [0.3, 0.4) is 0 Å². The number of hydrogen-bond acceptors (Lipinski definition) is 1. The SMILES string of the molecule is C[C@@](F)(C(=O)O)c1ccc(-c2ccccc2)cc1. The second kappa shape index (κ2) is 4.61. The highest BCUT2D eigenvalue weighted by molar-refractivity contribution is 5.79. The molecule has 0 radical (unpaired) electrons. The maximum absolute atomic E-state index is 13.9. The summed E-state index contributed by atoms with van der Waals surface area (Å²) >= 11 is 0. The fourth-order valence-electron chi connectivity index (χ4n) is 1.73. The molecule has 1 N–H and O–H groups in total. The van der Waals surface area contributed by atoms with Crippen molar-refractivity contribution >= 4 is 5.97 Å². The Morgan fingerprint density at radius 2 is 1.50 bits per heavy atom. The molecule has 0 fully saturated rings. The molecule has 18 heavy (non-hydrogen) atoms. The summed E-state index contributed by atoms with van der Waals surface area (Å²) in [6.45, 7) is 1.05. The van der Waals surface area contributed by atoms with Crippen LogP contribution in [-0.2, 0) is 10.5 Å². The first-order chi connectivity index (χ1) is 8.51. The van der Waals surface area contributed by atoms with Crippen molar-refractivity contribution in [3.63, 3.8) is 0 Å². The fraction of sp³-hybridized carbons (Fsp3) is 0.133. The average molecular weight is 244 g/mol. The van der Waals surface area contributed by atoms with E-state index in [0.717, 1.165) is 18.1 Å². The van der Waals surface area contributed by atoms with E-state index in [0.29, 0.717) is 0 Å². The van der Waals surface area contributed by atoms with Crippen molar-refractivity contribution < 1.29 is 14.3 Å². The summed E-state index contributed by atoms with van der Waals surface area (Å²) in [5.41, 5.74) is -0.259. The van der Waals surface area contributed by atoms with Crippen molar-refractivity contribution in [1.82, 2.24) is 0 Å². The molecule has 0 aromatic heterocycles. The number of benzene rings is 2. The number of carboxylic acid groups (broad SMARTS) is 1. The number of carbonyl (C=O) groups is 1. The molecule has 2 aromatic carbocycles. The first-order valence-electron chi connectivity index (χ1n) is 5.60. The number of hydrogen-bond donors (Lipinski definition) is 1. The Kier molecular flexibility index (Phi) is 3.15. The number of alkyl halides is 1. The van der Waals surface area contributed by atoms with Crippen LogP contribution in [0.2, 0.25) is 0 Å². The van der Waals surface area contributed by atoms with E-state index in [1.54, 1.807) is 12.1 Å². The normalized spacial score (nSPS) is 13.9. The maximum atomic E-state index is 13.9. The maximum Gasteiger partial charge on any atom is 0.345 e. The molecular formula is C15H13FO2. The largest absolute Gasteiger partial charge is 0.479 e. The van der Waals surface area contributed by atoms with Gasteiger partial charge >= 0.3 is 5.97 Å². The Hall–Kier alpha value is -2.16. The van der Waals surface area contributed by atoms with E-state index in [2.05, 4.69) is 0 Å². The monoisotopic (exact) mass is 244 g/mol. The van der Waals surface area contributed by atoms with Crippen LogP contribution < -0.4 is 0 Å². The topological polar surface area (TPSA) is 37.3 Å². The molecule has 2 aromatic rings. The molecule has 2 rings (SSSR count). The number of halogens is 1. The predicted octanol–water partition coefficient (Wildman–Crippen LogP) is 3.62. The Bertz CT molecular complexity index is 544. The van der Waals surface area contributed by atoms with Crippen molar-refractivity contribution in [2.75, 3.05) is 0 Å². The lowest BCUT2D eigenvalue weighted by Gasteiger charge is -2.15. The van der Waals surface area contributed by atoms with E-state index in [1.807, 2.05) is 30.3 Å². The Morgan fingerprint density at radius 1 is 1.00 bits per heavy atom. The molecule has 0 saturated carbocycles. The van der Waals surface area contributed by atoms with Gasteiger partial charge < -0.3 is 5.11 Å². The van der Waals surface area contributed by atoms with Gasteiger partial charge in [-0.15, -0.1) is 0 Å². The molecule has 0 heterocycles. The summed E-state index contributed by atoms with van der Waals surface area (Å²) in [4.78, 5) is 10.8. The summed E-state index contributed by atoms with van der Waals surface area (Å²) in [6.07, 6.45) is 0. The zero-order valence-electron chi connectivity index (χ0n) is 9.93. The summed E-state index contributed by atoms with van der Waals surface area (Å²) in [5, 5.41) is 8.81. The van der Waals surface area contributed by atoms with Crippen LogP contribution in [0.1, 0.15) is 12.5 Å². The van der Waals surface area contributed by atoms with Gasteiger partial charge in [-0.05, 0) is 18.1 Å². The van der Waals surface area contributed by atoms with E-state index in [4.69, 9.17) is 5.11 Å². The molecule has 0 bridgehead atoms. The van der Waals surface area contributed by atoms with Crippen LogP contribution in [0.15, 0.2) is 54.6 Å². The second-order valence-electron chi connectivity index (χ2n) is 4.25. The minimum atomic E-state index is -2.35. The molecule has 0 unspecified atom stereocenters. The van der Waals surface area contributed by atoms with E-state index < -0.39 is 11.6 Å². The van der Waals surface area contributed by atoms with Crippen LogP contribution in [0, 0.1) is 0 Å². The zero-order chi connectivity index (χ0) is 13.2. The molecule has 0 aliphatic heterocycles. The molecule has 0 saturated heterocycles. The Labute approximate surface area is 105 Å². The molecule has 1 atom stereocenters. The molecule has 0 amide bonds. The van der Waals surface area contributed by atoms with Gasteiger partial charge in [-0.1, -0.05) is 54.6 Å². The van der Waals surface area contributed by atoms with Crippen molar-refractivity contribution in [1.29, 1.82) is 0 Å².